The van der Waals surface area contributed by atoms with Crippen molar-refractivity contribution in [2.24, 2.45) is 11.7 Å². The Morgan fingerprint density at radius 3 is 2.79 bits per heavy atom. The summed E-state index contributed by atoms with van der Waals surface area (Å²) in [5.41, 5.74) is 7.98. The quantitative estimate of drug-likeness (QED) is 0.884. The van der Waals surface area contributed by atoms with E-state index in [-0.39, 0.29) is 0 Å². The summed E-state index contributed by atoms with van der Waals surface area (Å²) in [5, 5.41) is 0. The minimum atomic E-state index is 0.323. The molecule has 0 spiro atoms. The smallest absolute Gasteiger partial charge is 0.214 e. The topological polar surface area (TPSA) is 48.1 Å². The first-order valence-corrected chi connectivity index (χ1v) is 7.59. The van der Waals surface area contributed by atoms with Crippen molar-refractivity contribution < 1.29 is 4.74 Å². The van der Waals surface area contributed by atoms with Gasteiger partial charge in [0.25, 0.3) is 0 Å². The molecule has 2 rings (SSSR count). The van der Waals surface area contributed by atoms with E-state index in [0.717, 1.165) is 36.4 Å². The van der Waals surface area contributed by atoms with Crippen LogP contribution in [-0.4, -0.2) is 11.1 Å². The maximum Gasteiger partial charge on any atom is 0.214 e. The Morgan fingerprint density at radius 2 is 2.11 bits per heavy atom. The largest absolute Gasteiger partial charge is 0.474 e. The zero-order chi connectivity index (χ0) is 13.7. The molecule has 2 atom stereocenters. The Morgan fingerprint density at radius 1 is 1.32 bits per heavy atom. The lowest BCUT2D eigenvalue weighted by atomic mass is 9.88. The lowest BCUT2D eigenvalue weighted by molar-refractivity contribution is 0.0972. The van der Waals surface area contributed by atoms with Crippen LogP contribution in [0.5, 0.6) is 5.88 Å². The van der Waals surface area contributed by atoms with Crippen LogP contribution in [0.25, 0.3) is 0 Å². The van der Waals surface area contributed by atoms with Gasteiger partial charge < -0.3 is 10.5 Å². The van der Waals surface area contributed by atoms with Crippen molar-refractivity contribution in [3.8, 4) is 5.88 Å². The minimum absolute atomic E-state index is 0.323. The highest BCUT2D eigenvalue weighted by atomic mass is 16.5. The number of hydrogen-bond donors (Lipinski definition) is 1. The van der Waals surface area contributed by atoms with Crippen molar-refractivity contribution >= 4 is 0 Å². The molecule has 0 bridgehead atoms. The third kappa shape index (κ3) is 3.93. The van der Waals surface area contributed by atoms with Gasteiger partial charge in [-0.05, 0) is 43.2 Å². The van der Waals surface area contributed by atoms with Crippen molar-refractivity contribution in [1.29, 1.82) is 0 Å². The Labute approximate surface area is 116 Å². The number of aryl methyl sites for hydroxylation is 1. The molecule has 1 aliphatic carbocycles. The van der Waals surface area contributed by atoms with Gasteiger partial charge in [0.05, 0.1) is 0 Å². The normalized spacial score (nSPS) is 23.3. The summed E-state index contributed by atoms with van der Waals surface area (Å²) in [6.45, 7) is 5.00. The fourth-order valence-electron chi connectivity index (χ4n) is 2.80. The Bertz CT molecular complexity index is 406. The number of nitrogens with zero attached hydrogens (tertiary/aromatic N) is 1. The van der Waals surface area contributed by atoms with Crippen LogP contribution in [0, 0.1) is 5.92 Å². The van der Waals surface area contributed by atoms with Crippen LogP contribution in [0.2, 0.25) is 0 Å². The van der Waals surface area contributed by atoms with Gasteiger partial charge in [-0.1, -0.05) is 26.7 Å². The van der Waals surface area contributed by atoms with Crippen LogP contribution in [0.1, 0.15) is 57.2 Å². The molecule has 0 aromatic carbocycles. The van der Waals surface area contributed by atoms with Gasteiger partial charge in [0.15, 0.2) is 0 Å². The molecule has 3 nitrogen and oxygen atoms in total. The molecule has 19 heavy (non-hydrogen) atoms. The number of ether oxygens (including phenoxy) is 1. The van der Waals surface area contributed by atoms with E-state index >= 15 is 0 Å². The second kappa shape index (κ2) is 6.90. The van der Waals surface area contributed by atoms with Crippen molar-refractivity contribution in [1.82, 2.24) is 4.98 Å². The molecule has 106 valence electrons. The highest BCUT2D eigenvalue weighted by molar-refractivity contribution is 5.25. The summed E-state index contributed by atoms with van der Waals surface area (Å²) >= 11 is 0. The van der Waals surface area contributed by atoms with E-state index in [2.05, 4.69) is 24.9 Å². The van der Waals surface area contributed by atoms with Gasteiger partial charge in [-0.15, -0.1) is 0 Å². The van der Waals surface area contributed by atoms with Crippen LogP contribution in [0.4, 0.5) is 0 Å². The molecular weight excluding hydrogens is 236 g/mol. The predicted molar refractivity (Wildman–Crippen MR) is 78.2 cm³/mol. The van der Waals surface area contributed by atoms with Crippen LogP contribution in [0.3, 0.4) is 0 Å². The molecule has 2 unspecified atom stereocenters. The molecule has 2 N–H and O–H groups in total. The number of pyridine rings is 1. The molecule has 1 aromatic heterocycles. The highest BCUT2D eigenvalue weighted by Crippen LogP contribution is 2.28. The van der Waals surface area contributed by atoms with E-state index < -0.39 is 0 Å². The minimum Gasteiger partial charge on any atom is -0.474 e. The fourth-order valence-corrected chi connectivity index (χ4v) is 2.80. The summed E-state index contributed by atoms with van der Waals surface area (Å²) in [4.78, 5) is 4.62. The molecule has 3 heteroatoms. The Hall–Kier alpha value is -1.09. The highest BCUT2D eigenvalue weighted by Gasteiger charge is 2.23. The van der Waals surface area contributed by atoms with Gasteiger partial charge in [-0.2, -0.15) is 0 Å². The van der Waals surface area contributed by atoms with Crippen molar-refractivity contribution in [3.05, 3.63) is 23.4 Å². The van der Waals surface area contributed by atoms with Gasteiger partial charge in [-0.25, -0.2) is 4.98 Å². The first-order valence-electron chi connectivity index (χ1n) is 7.59. The van der Waals surface area contributed by atoms with Crippen molar-refractivity contribution in [3.63, 3.8) is 0 Å². The summed E-state index contributed by atoms with van der Waals surface area (Å²) in [7, 11) is 0. The lowest BCUT2D eigenvalue weighted by Gasteiger charge is -2.29. The van der Waals surface area contributed by atoms with Crippen LogP contribution in [0.15, 0.2) is 12.1 Å². The second-order valence-electron chi connectivity index (χ2n) is 5.68. The Kier molecular flexibility index (Phi) is 5.20. The molecule has 1 aromatic rings. The molecule has 0 aliphatic heterocycles. The molecule has 1 saturated carbocycles. The van der Waals surface area contributed by atoms with E-state index in [1.807, 2.05) is 6.07 Å². The maximum atomic E-state index is 6.13. The van der Waals surface area contributed by atoms with Crippen molar-refractivity contribution in [2.45, 2.75) is 65.0 Å². The van der Waals surface area contributed by atoms with E-state index in [1.165, 1.54) is 19.3 Å². The van der Waals surface area contributed by atoms with Gasteiger partial charge in [0.2, 0.25) is 5.88 Å². The van der Waals surface area contributed by atoms with Gasteiger partial charge in [-0.3, -0.25) is 0 Å². The van der Waals surface area contributed by atoms with E-state index in [1.54, 1.807) is 0 Å². The average molecular weight is 262 g/mol. The van der Waals surface area contributed by atoms with E-state index in [9.17, 15) is 0 Å². The zero-order valence-corrected chi connectivity index (χ0v) is 12.2. The molecule has 1 aliphatic rings. The number of aromatic nitrogens is 1. The summed E-state index contributed by atoms with van der Waals surface area (Å²) in [5.74, 6) is 1.40. The van der Waals surface area contributed by atoms with Crippen molar-refractivity contribution in [2.75, 3.05) is 0 Å². The molecular formula is C16H26N2O. The maximum absolute atomic E-state index is 6.13. The van der Waals surface area contributed by atoms with Gasteiger partial charge >= 0.3 is 0 Å². The first kappa shape index (κ1) is 14.3. The summed E-state index contributed by atoms with van der Waals surface area (Å²) in [6.07, 6.45) is 7.43. The average Bonchev–Trinajstić information content (AvgIpc) is 2.41. The molecule has 1 heterocycles. The SMILES string of the molecule is CCCc1cc(CN)cc(OC2CCCCC2C)n1. The number of nitrogens with two attached hydrogens (primary N) is 1. The first-order chi connectivity index (χ1) is 9.22. The molecule has 1 fully saturated rings. The van der Waals surface area contributed by atoms with E-state index in [4.69, 9.17) is 10.5 Å². The van der Waals surface area contributed by atoms with Crippen LogP contribution < -0.4 is 10.5 Å². The second-order valence-corrected chi connectivity index (χ2v) is 5.68. The molecule has 0 amide bonds. The fraction of sp³-hybridized carbons (Fsp3) is 0.688. The summed E-state index contributed by atoms with van der Waals surface area (Å²) < 4.78 is 6.13. The van der Waals surface area contributed by atoms with E-state index in [0.29, 0.717) is 18.6 Å². The standard InChI is InChI=1S/C16H26N2O/c1-3-6-14-9-13(11-17)10-16(18-14)19-15-8-5-4-7-12(15)2/h9-10,12,15H,3-8,11,17H2,1-2H3. The van der Waals surface area contributed by atoms with Gasteiger partial charge in [0.1, 0.15) is 6.10 Å². The third-order valence-corrected chi connectivity index (χ3v) is 3.96. The number of rotatable bonds is 5. The third-order valence-electron chi connectivity index (χ3n) is 3.96. The summed E-state index contributed by atoms with van der Waals surface area (Å²) in [6, 6.07) is 4.10. The predicted octanol–water partition coefficient (Wildman–Crippen LogP) is 3.45. The van der Waals surface area contributed by atoms with Crippen LogP contribution >= 0.6 is 0 Å². The van der Waals surface area contributed by atoms with Crippen LogP contribution in [-0.2, 0) is 13.0 Å². The van der Waals surface area contributed by atoms with Gasteiger partial charge in [0, 0.05) is 18.3 Å². The lowest BCUT2D eigenvalue weighted by Crippen LogP contribution is -2.28. The number of hydrogen-bond acceptors (Lipinski definition) is 3. The Balaban J connectivity index is 2.11. The molecule has 0 radical (unpaired) electrons. The zero-order valence-electron chi connectivity index (χ0n) is 12.2. The monoisotopic (exact) mass is 262 g/mol. The molecule has 0 saturated heterocycles.